The predicted molar refractivity (Wildman–Crippen MR) is 97.4 cm³/mol. The molecule has 1 N–H and O–H groups in total. The zero-order valence-electron chi connectivity index (χ0n) is 13.8. The van der Waals surface area contributed by atoms with Crippen molar-refractivity contribution in [3.63, 3.8) is 0 Å². The van der Waals surface area contributed by atoms with Crippen LogP contribution in [0.3, 0.4) is 0 Å². The monoisotopic (exact) mass is 372 g/mol. The molecule has 0 bridgehead atoms. The van der Waals surface area contributed by atoms with Gasteiger partial charge in [-0.2, -0.15) is 11.3 Å². The second kappa shape index (κ2) is 8.67. The van der Waals surface area contributed by atoms with Gasteiger partial charge in [-0.05, 0) is 28.5 Å². The number of benzene rings is 1. The number of nitrogens with one attached hydrogen (secondary N) is 1. The Morgan fingerprint density at radius 2 is 1.83 bits per heavy atom. The van der Waals surface area contributed by atoms with E-state index in [9.17, 15) is 4.39 Å². The Bertz CT molecular complexity index is 648. The molecule has 1 aromatic carbocycles. The molecule has 1 aliphatic rings. The molecular formula is C17H22ClFN2O2S. The first-order chi connectivity index (χ1) is 11.2. The lowest BCUT2D eigenvalue weighted by molar-refractivity contribution is 0.195. The normalized spacial score (nSPS) is 16.3. The van der Waals surface area contributed by atoms with E-state index in [1.165, 1.54) is 13.2 Å². The number of methoxy groups -OCH3 is 2. The number of halogens is 2. The molecule has 0 aliphatic carbocycles. The Labute approximate surface area is 152 Å². The van der Waals surface area contributed by atoms with Gasteiger partial charge in [0.05, 0.1) is 20.3 Å². The quantitative estimate of drug-likeness (QED) is 0.873. The lowest BCUT2D eigenvalue weighted by Gasteiger charge is -2.35. The molecule has 1 aliphatic heterocycles. The molecule has 1 aromatic heterocycles. The average molecular weight is 373 g/mol. The molecule has 0 saturated carbocycles. The van der Waals surface area contributed by atoms with E-state index < -0.39 is 0 Å². The molecule has 0 unspecified atom stereocenters. The largest absolute Gasteiger partial charge is 0.493 e. The van der Waals surface area contributed by atoms with Crippen molar-refractivity contribution < 1.29 is 13.9 Å². The first kappa shape index (κ1) is 19.0. The van der Waals surface area contributed by atoms with E-state index in [1.807, 2.05) is 5.38 Å². The summed E-state index contributed by atoms with van der Waals surface area (Å²) in [6.07, 6.45) is 0. The standard InChI is InChI=1S/C17H21FN2O2S.ClH/c1-21-15-9-13(14(18)10-16(15)22-2)17(12-3-8-23-11-12)20-6-4-19-5-7-20;/h3,8-11,17,19H,4-7H2,1-2H3;1H/t17-;/m1./s1. The summed E-state index contributed by atoms with van der Waals surface area (Å²) in [7, 11) is 3.09. The summed E-state index contributed by atoms with van der Waals surface area (Å²) in [5, 5.41) is 7.46. The van der Waals surface area contributed by atoms with Crippen molar-refractivity contribution in [1.82, 2.24) is 10.2 Å². The van der Waals surface area contributed by atoms with Crippen LogP contribution >= 0.6 is 23.7 Å². The predicted octanol–water partition coefficient (Wildman–Crippen LogP) is 3.32. The average Bonchev–Trinajstić information content (AvgIpc) is 3.11. The van der Waals surface area contributed by atoms with Crippen molar-refractivity contribution in [1.29, 1.82) is 0 Å². The molecular weight excluding hydrogens is 351 g/mol. The topological polar surface area (TPSA) is 33.7 Å². The van der Waals surface area contributed by atoms with Crippen LogP contribution in [0, 0.1) is 5.82 Å². The molecule has 7 heteroatoms. The number of rotatable bonds is 5. The smallest absolute Gasteiger partial charge is 0.163 e. The summed E-state index contributed by atoms with van der Waals surface area (Å²) in [6, 6.07) is 5.13. The van der Waals surface area contributed by atoms with E-state index in [0.29, 0.717) is 17.1 Å². The lowest BCUT2D eigenvalue weighted by Crippen LogP contribution is -2.45. The zero-order chi connectivity index (χ0) is 16.2. The fourth-order valence-electron chi connectivity index (χ4n) is 3.04. The maximum atomic E-state index is 14.8. The third-order valence-corrected chi connectivity index (χ3v) is 4.87. The minimum Gasteiger partial charge on any atom is -0.493 e. The SMILES string of the molecule is COc1cc(F)c([C@@H](c2ccsc2)N2CCNCC2)cc1OC.Cl. The number of thiophene rings is 1. The molecule has 1 atom stereocenters. The highest BCUT2D eigenvalue weighted by Crippen LogP contribution is 2.38. The van der Waals surface area contributed by atoms with E-state index >= 15 is 0 Å². The molecule has 1 fully saturated rings. The van der Waals surface area contributed by atoms with Crippen LogP contribution in [-0.4, -0.2) is 45.3 Å². The number of ether oxygens (including phenoxy) is 2. The molecule has 2 heterocycles. The Morgan fingerprint density at radius 1 is 1.17 bits per heavy atom. The minimum atomic E-state index is -0.266. The Morgan fingerprint density at radius 3 is 2.42 bits per heavy atom. The van der Waals surface area contributed by atoms with Crippen LogP contribution in [0.4, 0.5) is 4.39 Å². The number of hydrogen-bond donors (Lipinski definition) is 1. The fourth-order valence-corrected chi connectivity index (χ4v) is 3.72. The van der Waals surface area contributed by atoms with Crippen LogP contribution in [0.25, 0.3) is 0 Å². The number of piperazine rings is 1. The van der Waals surface area contributed by atoms with Crippen molar-refractivity contribution in [2.75, 3.05) is 40.4 Å². The van der Waals surface area contributed by atoms with Crippen molar-refractivity contribution >= 4 is 23.7 Å². The van der Waals surface area contributed by atoms with Crippen LogP contribution in [-0.2, 0) is 0 Å². The van der Waals surface area contributed by atoms with Crippen molar-refractivity contribution in [3.8, 4) is 11.5 Å². The van der Waals surface area contributed by atoms with Gasteiger partial charge in [0.15, 0.2) is 11.5 Å². The summed E-state index contributed by atoms with van der Waals surface area (Å²) in [5.74, 6) is 0.703. The molecule has 0 spiro atoms. The van der Waals surface area contributed by atoms with Crippen molar-refractivity contribution in [3.05, 3.63) is 45.9 Å². The highest BCUT2D eigenvalue weighted by Gasteiger charge is 2.28. The van der Waals surface area contributed by atoms with E-state index in [4.69, 9.17) is 9.47 Å². The van der Waals surface area contributed by atoms with Crippen LogP contribution in [0.2, 0.25) is 0 Å². The van der Waals surface area contributed by atoms with Crippen molar-refractivity contribution in [2.24, 2.45) is 0 Å². The highest BCUT2D eigenvalue weighted by molar-refractivity contribution is 7.08. The van der Waals surface area contributed by atoms with Gasteiger partial charge in [0.1, 0.15) is 5.82 Å². The molecule has 2 aromatic rings. The van der Waals surface area contributed by atoms with Crippen LogP contribution in [0.1, 0.15) is 17.2 Å². The third-order valence-electron chi connectivity index (χ3n) is 4.17. The van der Waals surface area contributed by atoms with Crippen molar-refractivity contribution in [2.45, 2.75) is 6.04 Å². The van der Waals surface area contributed by atoms with E-state index in [2.05, 4.69) is 21.7 Å². The summed E-state index contributed by atoms with van der Waals surface area (Å²) in [4.78, 5) is 2.31. The first-order valence-electron chi connectivity index (χ1n) is 7.63. The van der Waals surface area contributed by atoms with Gasteiger partial charge in [0.25, 0.3) is 0 Å². The summed E-state index contributed by atoms with van der Waals surface area (Å²) in [6.45, 7) is 3.59. The van der Waals surface area contributed by atoms with Gasteiger partial charge in [-0.3, -0.25) is 4.90 Å². The van der Waals surface area contributed by atoms with Gasteiger partial charge in [-0.15, -0.1) is 12.4 Å². The molecule has 0 amide bonds. The third kappa shape index (κ3) is 3.83. The molecule has 24 heavy (non-hydrogen) atoms. The fraction of sp³-hybridized carbons (Fsp3) is 0.412. The molecule has 4 nitrogen and oxygen atoms in total. The minimum absolute atomic E-state index is 0. The highest BCUT2D eigenvalue weighted by atomic mass is 35.5. The van der Waals surface area contributed by atoms with Gasteiger partial charge in [0.2, 0.25) is 0 Å². The zero-order valence-corrected chi connectivity index (χ0v) is 15.4. The van der Waals surface area contributed by atoms with E-state index in [0.717, 1.165) is 31.7 Å². The maximum absolute atomic E-state index is 14.8. The first-order valence-corrected chi connectivity index (χ1v) is 8.57. The van der Waals surface area contributed by atoms with Gasteiger partial charge in [-0.25, -0.2) is 4.39 Å². The second-order valence-corrected chi connectivity index (χ2v) is 6.25. The van der Waals surface area contributed by atoms with Gasteiger partial charge < -0.3 is 14.8 Å². The van der Waals surface area contributed by atoms with E-state index in [1.54, 1.807) is 24.5 Å². The van der Waals surface area contributed by atoms with Gasteiger partial charge in [-0.1, -0.05) is 0 Å². The Hall–Kier alpha value is -1.34. The maximum Gasteiger partial charge on any atom is 0.163 e. The number of nitrogens with zero attached hydrogens (tertiary/aromatic N) is 1. The van der Waals surface area contributed by atoms with Gasteiger partial charge >= 0.3 is 0 Å². The second-order valence-electron chi connectivity index (χ2n) is 5.47. The van der Waals surface area contributed by atoms with Crippen LogP contribution < -0.4 is 14.8 Å². The Kier molecular flexibility index (Phi) is 6.86. The molecule has 132 valence electrons. The summed E-state index contributed by atoms with van der Waals surface area (Å²) >= 11 is 1.63. The summed E-state index contributed by atoms with van der Waals surface area (Å²) in [5.41, 5.74) is 1.74. The van der Waals surface area contributed by atoms with Crippen LogP contribution in [0.15, 0.2) is 29.0 Å². The van der Waals surface area contributed by atoms with Gasteiger partial charge in [0, 0.05) is 37.8 Å². The number of hydrogen-bond acceptors (Lipinski definition) is 5. The van der Waals surface area contributed by atoms with E-state index in [-0.39, 0.29) is 24.3 Å². The lowest BCUT2D eigenvalue weighted by atomic mass is 9.97. The molecule has 3 rings (SSSR count). The van der Waals surface area contributed by atoms with Crippen LogP contribution in [0.5, 0.6) is 11.5 Å². The Balaban J connectivity index is 0.00000208. The molecule has 0 radical (unpaired) electrons. The molecule has 1 saturated heterocycles. The summed E-state index contributed by atoms with van der Waals surface area (Å²) < 4.78 is 25.3.